The molecule has 2 heterocycles. The smallest absolute Gasteiger partial charge is 0.143 e. The Hall–Kier alpha value is -2.28. The fourth-order valence-corrected chi connectivity index (χ4v) is 2.35. The van der Waals surface area contributed by atoms with Crippen molar-refractivity contribution in [3.63, 3.8) is 0 Å². The van der Waals surface area contributed by atoms with E-state index in [2.05, 4.69) is 31.9 Å². The van der Waals surface area contributed by atoms with E-state index in [0.29, 0.717) is 0 Å². The van der Waals surface area contributed by atoms with Gasteiger partial charge in [-0.25, -0.2) is 4.68 Å². The number of hydrogen-bond acceptors (Lipinski definition) is 6. The van der Waals surface area contributed by atoms with Crippen LogP contribution in [-0.2, 0) is 6.54 Å². The topological polar surface area (TPSA) is 68.5 Å². The largest absolute Gasteiger partial charge is 0.380 e. The predicted octanol–water partition coefficient (Wildman–Crippen LogP) is 2.04. The summed E-state index contributed by atoms with van der Waals surface area (Å²) in [5.41, 5.74) is 5.00. The number of nitrogens with zero attached hydrogens (tertiary/aromatic N) is 5. The molecule has 3 aromatic rings. The van der Waals surface area contributed by atoms with E-state index in [1.807, 2.05) is 30.8 Å². The Kier molecular flexibility index (Phi) is 3.20. The average molecular weight is 272 g/mol. The predicted molar refractivity (Wildman–Crippen MR) is 73.3 cm³/mol. The third-order valence-electron chi connectivity index (χ3n) is 2.74. The van der Waals surface area contributed by atoms with Gasteiger partial charge in [0.2, 0.25) is 0 Å². The van der Waals surface area contributed by atoms with Crippen molar-refractivity contribution in [3.8, 4) is 5.69 Å². The third-order valence-corrected chi connectivity index (χ3v) is 3.52. The zero-order valence-electron chi connectivity index (χ0n) is 10.3. The Morgan fingerprint density at radius 2 is 2.32 bits per heavy atom. The van der Waals surface area contributed by atoms with Crippen molar-refractivity contribution in [2.75, 3.05) is 5.32 Å². The zero-order chi connectivity index (χ0) is 13.1. The van der Waals surface area contributed by atoms with E-state index >= 15 is 0 Å². The van der Waals surface area contributed by atoms with Crippen molar-refractivity contribution in [2.45, 2.75) is 13.5 Å². The van der Waals surface area contributed by atoms with Crippen LogP contribution in [-0.4, -0.2) is 25.2 Å². The van der Waals surface area contributed by atoms with Crippen LogP contribution in [0.4, 0.5) is 5.69 Å². The number of benzene rings is 1. The van der Waals surface area contributed by atoms with Crippen molar-refractivity contribution in [2.24, 2.45) is 0 Å². The normalized spacial score (nSPS) is 10.6. The highest BCUT2D eigenvalue weighted by Crippen LogP contribution is 2.18. The van der Waals surface area contributed by atoms with Crippen molar-refractivity contribution >= 4 is 17.0 Å². The van der Waals surface area contributed by atoms with Crippen LogP contribution in [0.1, 0.15) is 10.4 Å². The third kappa shape index (κ3) is 2.60. The van der Waals surface area contributed by atoms with Gasteiger partial charge in [-0.3, -0.25) is 4.98 Å². The lowest BCUT2D eigenvalue weighted by molar-refractivity contribution is 0.785. The summed E-state index contributed by atoms with van der Waals surface area (Å²) >= 11 is 1.64. The molecule has 0 unspecified atom stereocenters. The summed E-state index contributed by atoms with van der Waals surface area (Å²) in [5.74, 6) is 0. The summed E-state index contributed by atoms with van der Waals surface area (Å²) in [6, 6.07) is 6.10. The van der Waals surface area contributed by atoms with Crippen LogP contribution in [0.3, 0.4) is 0 Å². The SMILES string of the molecule is Cc1cc(NCc2cncs2)ccc1-n1cnnn1. The van der Waals surface area contributed by atoms with E-state index < -0.39 is 0 Å². The zero-order valence-corrected chi connectivity index (χ0v) is 11.1. The standard InChI is InChI=1S/C12H12N6S/c1-9-4-10(14-6-11-5-13-8-19-11)2-3-12(9)18-7-15-16-17-18/h2-5,7-8,14H,6H2,1H3. The van der Waals surface area contributed by atoms with Gasteiger partial charge in [-0.05, 0) is 41.1 Å². The Morgan fingerprint density at radius 1 is 1.37 bits per heavy atom. The minimum atomic E-state index is 0.786. The van der Waals surface area contributed by atoms with Gasteiger partial charge in [-0.2, -0.15) is 0 Å². The minimum Gasteiger partial charge on any atom is -0.380 e. The molecule has 0 amide bonds. The van der Waals surface area contributed by atoms with Crippen LogP contribution in [0.5, 0.6) is 0 Å². The van der Waals surface area contributed by atoms with E-state index in [-0.39, 0.29) is 0 Å². The number of aromatic nitrogens is 5. The number of anilines is 1. The maximum Gasteiger partial charge on any atom is 0.143 e. The molecule has 0 aliphatic rings. The minimum absolute atomic E-state index is 0.786. The number of thiazole rings is 1. The fraction of sp³-hybridized carbons (Fsp3) is 0.167. The molecule has 0 saturated carbocycles. The molecule has 1 aromatic carbocycles. The average Bonchev–Trinajstić information content (AvgIpc) is 3.10. The highest BCUT2D eigenvalue weighted by atomic mass is 32.1. The summed E-state index contributed by atoms with van der Waals surface area (Å²) in [4.78, 5) is 5.26. The quantitative estimate of drug-likeness (QED) is 0.787. The molecule has 96 valence electrons. The van der Waals surface area contributed by atoms with E-state index in [4.69, 9.17) is 0 Å². The Labute approximate surface area is 114 Å². The molecule has 0 aliphatic heterocycles. The maximum absolute atomic E-state index is 4.05. The molecule has 0 bridgehead atoms. The molecule has 0 aliphatic carbocycles. The second-order valence-corrected chi connectivity index (χ2v) is 5.05. The number of hydrogen-bond donors (Lipinski definition) is 1. The number of tetrazole rings is 1. The monoisotopic (exact) mass is 272 g/mol. The van der Waals surface area contributed by atoms with Gasteiger partial charge >= 0.3 is 0 Å². The van der Waals surface area contributed by atoms with E-state index in [0.717, 1.165) is 23.5 Å². The Morgan fingerprint density at radius 3 is 3.00 bits per heavy atom. The highest BCUT2D eigenvalue weighted by Gasteiger charge is 2.04. The number of rotatable bonds is 4. The first-order valence-corrected chi connectivity index (χ1v) is 6.66. The molecular formula is C12H12N6S. The molecule has 0 spiro atoms. The first-order valence-electron chi connectivity index (χ1n) is 5.78. The molecule has 7 heteroatoms. The summed E-state index contributed by atoms with van der Waals surface area (Å²) < 4.78 is 1.66. The molecule has 0 saturated heterocycles. The molecule has 0 radical (unpaired) electrons. The van der Waals surface area contributed by atoms with Gasteiger partial charge in [0.1, 0.15) is 6.33 Å². The van der Waals surface area contributed by atoms with Gasteiger partial charge in [0.05, 0.1) is 17.7 Å². The lowest BCUT2D eigenvalue weighted by atomic mass is 10.2. The molecule has 6 nitrogen and oxygen atoms in total. The van der Waals surface area contributed by atoms with Gasteiger partial charge in [0.15, 0.2) is 0 Å². The van der Waals surface area contributed by atoms with Crippen LogP contribution in [0.15, 0.2) is 36.2 Å². The van der Waals surface area contributed by atoms with Crippen LogP contribution in [0.25, 0.3) is 5.69 Å². The maximum atomic E-state index is 4.05. The van der Waals surface area contributed by atoms with Crippen LogP contribution >= 0.6 is 11.3 Å². The van der Waals surface area contributed by atoms with E-state index in [9.17, 15) is 0 Å². The molecule has 0 atom stereocenters. The lowest BCUT2D eigenvalue weighted by Gasteiger charge is -2.09. The Bertz CT molecular complexity index is 647. The summed E-state index contributed by atoms with van der Waals surface area (Å²) in [6.45, 7) is 2.82. The van der Waals surface area contributed by atoms with Crippen molar-refractivity contribution in [1.82, 2.24) is 25.2 Å². The Balaban J connectivity index is 1.76. The first kappa shape index (κ1) is 11.8. The number of nitrogens with one attached hydrogen (secondary N) is 1. The van der Waals surface area contributed by atoms with Crippen molar-refractivity contribution in [1.29, 1.82) is 0 Å². The van der Waals surface area contributed by atoms with Crippen LogP contribution < -0.4 is 5.32 Å². The lowest BCUT2D eigenvalue weighted by Crippen LogP contribution is -2.01. The van der Waals surface area contributed by atoms with Crippen molar-refractivity contribution < 1.29 is 0 Å². The summed E-state index contributed by atoms with van der Waals surface area (Å²) in [6.07, 6.45) is 3.47. The molecule has 1 N–H and O–H groups in total. The van der Waals surface area contributed by atoms with E-state index in [1.165, 1.54) is 4.88 Å². The molecule has 3 rings (SSSR count). The summed E-state index contributed by atoms with van der Waals surface area (Å²) in [5, 5.41) is 14.5. The van der Waals surface area contributed by atoms with Crippen LogP contribution in [0, 0.1) is 6.92 Å². The van der Waals surface area contributed by atoms with Crippen molar-refractivity contribution in [3.05, 3.63) is 46.7 Å². The number of aryl methyl sites for hydroxylation is 1. The fourth-order valence-electron chi connectivity index (χ4n) is 1.81. The van der Waals surface area contributed by atoms with Gasteiger partial charge in [-0.1, -0.05) is 0 Å². The molecular weight excluding hydrogens is 260 g/mol. The van der Waals surface area contributed by atoms with Gasteiger partial charge in [-0.15, -0.1) is 16.4 Å². The summed E-state index contributed by atoms with van der Waals surface area (Å²) in [7, 11) is 0. The second kappa shape index (κ2) is 5.15. The van der Waals surface area contributed by atoms with Crippen LogP contribution in [0.2, 0.25) is 0 Å². The van der Waals surface area contributed by atoms with Gasteiger partial charge in [0, 0.05) is 16.8 Å². The van der Waals surface area contributed by atoms with Gasteiger partial charge in [0.25, 0.3) is 0 Å². The van der Waals surface area contributed by atoms with E-state index in [1.54, 1.807) is 22.3 Å². The molecule has 19 heavy (non-hydrogen) atoms. The van der Waals surface area contributed by atoms with Gasteiger partial charge < -0.3 is 5.32 Å². The molecule has 0 fully saturated rings. The highest BCUT2D eigenvalue weighted by molar-refractivity contribution is 7.09. The second-order valence-electron chi connectivity index (χ2n) is 4.08. The molecule has 2 aromatic heterocycles. The first-order chi connectivity index (χ1) is 9.33.